The lowest BCUT2D eigenvalue weighted by molar-refractivity contribution is -0.384. The SMILES string of the molecule is O=C(Nc1ccc(Oc2ccccc2)cc1)N1CCN(c2ncnc3ccc([N+](=O)[O-])cc23)CC1. The summed E-state index contributed by atoms with van der Waals surface area (Å²) in [5.74, 6) is 2.06. The first-order chi connectivity index (χ1) is 17.1. The number of urea groups is 1. The highest BCUT2D eigenvalue weighted by Gasteiger charge is 2.24. The summed E-state index contributed by atoms with van der Waals surface area (Å²) < 4.78 is 5.78. The highest BCUT2D eigenvalue weighted by Crippen LogP contribution is 2.28. The summed E-state index contributed by atoms with van der Waals surface area (Å²) in [5, 5.41) is 14.7. The van der Waals surface area contributed by atoms with Gasteiger partial charge in [0.1, 0.15) is 23.6 Å². The van der Waals surface area contributed by atoms with Crippen molar-refractivity contribution in [3.63, 3.8) is 0 Å². The van der Waals surface area contributed by atoms with Crippen molar-refractivity contribution in [2.75, 3.05) is 36.4 Å². The maximum absolute atomic E-state index is 12.8. The average Bonchev–Trinajstić information content (AvgIpc) is 2.90. The van der Waals surface area contributed by atoms with Crippen LogP contribution in [0.1, 0.15) is 0 Å². The van der Waals surface area contributed by atoms with E-state index in [-0.39, 0.29) is 11.7 Å². The van der Waals surface area contributed by atoms with E-state index in [2.05, 4.69) is 15.3 Å². The van der Waals surface area contributed by atoms with Crippen LogP contribution in [-0.4, -0.2) is 52.0 Å². The number of nitro groups is 1. The molecule has 3 aromatic carbocycles. The number of fused-ring (bicyclic) bond motifs is 1. The van der Waals surface area contributed by atoms with Crippen LogP contribution in [0.4, 0.5) is 22.0 Å². The lowest BCUT2D eigenvalue weighted by Gasteiger charge is -2.35. The maximum Gasteiger partial charge on any atom is 0.321 e. The van der Waals surface area contributed by atoms with Crippen LogP contribution in [0, 0.1) is 10.1 Å². The smallest absolute Gasteiger partial charge is 0.321 e. The molecule has 10 nitrogen and oxygen atoms in total. The molecular formula is C25H22N6O4. The van der Waals surface area contributed by atoms with Gasteiger partial charge in [-0.05, 0) is 42.5 Å². The largest absolute Gasteiger partial charge is 0.457 e. The van der Waals surface area contributed by atoms with Gasteiger partial charge < -0.3 is 19.9 Å². The van der Waals surface area contributed by atoms with E-state index in [0.29, 0.717) is 54.3 Å². The van der Waals surface area contributed by atoms with Crippen molar-refractivity contribution in [3.8, 4) is 11.5 Å². The van der Waals surface area contributed by atoms with Crippen LogP contribution in [-0.2, 0) is 0 Å². The summed E-state index contributed by atoms with van der Waals surface area (Å²) in [4.78, 5) is 35.9. The number of benzene rings is 3. The summed E-state index contributed by atoms with van der Waals surface area (Å²) in [6.45, 7) is 2.07. The Hall–Kier alpha value is -4.73. The van der Waals surface area contributed by atoms with Crippen molar-refractivity contribution < 1.29 is 14.5 Å². The summed E-state index contributed by atoms with van der Waals surface area (Å²) in [5.41, 5.74) is 1.30. The van der Waals surface area contributed by atoms with E-state index in [1.165, 1.54) is 18.5 Å². The fourth-order valence-corrected chi connectivity index (χ4v) is 3.95. The molecule has 1 fully saturated rings. The van der Waals surface area contributed by atoms with Crippen LogP contribution in [0.2, 0.25) is 0 Å². The van der Waals surface area contributed by atoms with Crippen LogP contribution in [0.5, 0.6) is 11.5 Å². The lowest BCUT2D eigenvalue weighted by atomic mass is 10.2. The number of piperazine rings is 1. The fourth-order valence-electron chi connectivity index (χ4n) is 3.95. The number of nitrogens with one attached hydrogen (secondary N) is 1. The molecule has 1 aliphatic heterocycles. The number of amides is 2. The summed E-state index contributed by atoms with van der Waals surface area (Å²) in [6, 6.07) is 21.0. The zero-order valence-corrected chi connectivity index (χ0v) is 18.7. The van der Waals surface area contributed by atoms with Crippen molar-refractivity contribution in [1.82, 2.24) is 14.9 Å². The minimum Gasteiger partial charge on any atom is -0.457 e. The zero-order chi connectivity index (χ0) is 24.2. The zero-order valence-electron chi connectivity index (χ0n) is 18.7. The van der Waals surface area contributed by atoms with E-state index in [0.717, 1.165) is 5.75 Å². The number of nitro benzene ring substituents is 1. The van der Waals surface area contributed by atoms with Crippen molar-refractivity contribution in [3.05, 3.63) is 89.2 Å². The number of hydrogen-bond acceptors (Lipinski definition) is 7. The monoisotopic (exact) mass is 470 g/mol. The highest BCUT2D eigenvalue weighted by atomic mass is 16.6. The van der Waals surface area contributed by atoms with E-state index in [4.69, 9.17) is 4.74 Å². The number of anilines is 2. The lowest BCUT2D eigenvalue weighted by Crippen LogP contribution is -2.50. The first-order valence-electron chi connectivity index (χ1n) is 11.1. The molecule has 1 saturated heterocycles. The van der Waals surface area contributed by atoms with E-state index in [1.54, 1.807) is 35.2 Å². The molecule has 0 saturated carbocycles. The van der Waals surface area contributed by atoms with Crippen molar-refractivity contribution in [2.24, 2.45) is 0 Å². The molecular weight excluding hydrogens is 448 g/mol. The van der Waals surface area contributed by atoms with E-state index >= 15 is 0 Å². The number of hydrogen-bond donors (Lipinski definition) is 1. The van der Waals surface area contributed by atoms with Gasteiger partial charge in [0.25, 0.3) is 5.69 Å². The second kappa shape index (κ2) is 9.64. The Morgan fingerprint density at radius 2 is 1.63 bits per heavy atom. The van der Waals surface area contributed by atoms with E-state index in [1.807, 2.05) is 35.2 Å². The third kappa shape index (κ3) is 4.96. The molecule has 4 aromatic rings. The number of carbonyl (C=O) groups is 1. The molecule has 0 bridgehead atoms. The molecule has 10 heteroatoms. The fraction of sp³-hybridized carbons (Fsp3) is 0.160. The van der Waals surface area contributed by atoms with Gasteiger partial charge in [0.05, 0.1) is 10.4 Å². The molecule has 1 aliphatic rings. The van der Waals surface area contributed by atoms with Gasteiger partial charge in [-0.15, -0.1) is 0 Å². The van der Waals surface area contributed by atoms with Crippen molar-refractivity contribution in [2.45, 2.75) is 0 Å². The molecule has 176 valence electrons. The summed E-state index contributed by atoms with van der Waals surface area (Å²) in [6.07, 6.45) is 1.45. The Balaban J connectivity index is 1.20. The number of ether oxygens (including phenoxy) is 1. The molecule has 0 radical (unpaired) electrons. The van der Waals surface area contributed by atoms with Gasteiger partial charge in [-0.3, -0.25) is 10.1 Å². The number of non-ortho nitro benzene ring substituents is 1. The number of rotatable bonds is 5. The third-order valence-corrected chi connectivity index (χ3v) is 5.76. The van der Waals surface area contributed by atoms with Gasteiger partial charge in [0, 0.05) is 49.4 Å². The normalized spacial score (nSPS) is 13.5. The number of carbonyl (C=O) groups excluding carboxylic acids is 1. The molecule has 2 amide bonds. The molecule has 0 atom stereocenters. The second-order valence-corrected chi connectivity index (χ2v) is 8.00. The van der Waals surface area contributed by atoms with Gasteiger partial charge in [0.2, 0.25) is 0 Å². The Kier molecular flexibility index (Phi) is 6.08. The van der Waals surface area contributed by atoms with Crippen LogP contribution < -0.4 is 15.0 Å². The molecule has 1 N–H and O–H groups in total. The van der Waals surface area contributed by atoms with Gasteiger partial charge in [-0.2, -0.15) is 0 Å². The summed E-state index contributed by atoms with van der Waals surface area (Å²) >= 11 is 0. The van der Waals surface area contributed by atoms with Gasteiger partial charge in [-0.25, -0.2) is 14.8 Å². The van der Waals surface area contributed by atoms with Crippen LogP contribution in [0.3, 0.4) is 0 Å². The van der Waals surface area contributed by atoms with Crippen LogP contribution >= 0.6 is 0 Å². The van der Waals surface area contributed by atoms with Gasteiger partial charge in [0.15, 0.2) is 0 Å². The van der Waals surface area contributed by atoms with Crippen LogP contribution in [0.25, 0.3) is 10.9 Å². The molecule has 0 spiro atoms. The minimum atomic E-state index is -0.432. The Morgan fingerprint density at radius 3 is 2.34 bits per heavy atom. The Bertz CT molecular complexity index is 1360. The minimum absolute atomic E-state index is 0.00764. The first-order valence-corrected chi connectivity index (χ1v) is 11.1. The number of aromatic nitrogens is 2. The van der Waals surface area contributed by atoms with Crippen molar-refractivity contribution in [1.29, 1.82) is 0 Å². The van der Waals surface area contributed by atoms with E-state index in [9.17, 15) is 14.9 Å². The third-order valence-electron chi connectivity index (χ3n) is 5.76. The molecule has 2 heterocycles. The topological polar surface area (TPSA) is 114 Å². The Morgan fingerprint density at radius 1 is 0.914 bits per heavy atom. The Labute approximate surface area is 200 Å². The quantitative estimate of drug-likeness (QED) is 0.333. The standard InChI is InChI=1S/C25H22N6O4/c32-25(28-18-6-9-21(10-7-18)35-20-4-2-1-3-5-20)30-14-12-29(13-15-30)24-22-16-19(31(33)34)8-11-23(22)26-17-27-24/h1-11,16-17H,12-15H2,(H,28,32). The van der Waals surface area contributed by atoms with E-state index < -0.39 is 4.92 Å². The van der Waals surface area contributed by atoms with Crippen LogP contribution in [0.15, 0.2) is 79.1 Å². The molecule has 5 rings (SSSR count). The first kappa shape index (κ1) is 22.1. The predicted octanol–water partition coefficient (Wildman–Crippen LogP) is 4.68. The number of para-hydroxylation sites is 1. The number of nitrogens with zero attached hydrogens (tertiary/aromatic N) is 5. The molecule has 0 aliphatic carbocycles. The molecule has 35 heavy (non-hydrogen) atoms. The van der Waals surface area contributed by atoms with Gasteiger partial charge >= 0.3 is 6.03 Å². The predicted molar refractivity (Wildman–Crippen MR) is 132 cm³/mol. The molecule has 0 unspecified atom stereocenters. The van der Waals surface area contributed by atoms with Crippen molar-refractivity contribution >= 4 is 34.1 Å². The second-order valence-electron chi connectivity index (χ2n) is 8.00. The average molecular weight is 470 g/mol. The maximum atomic E-state index is 12.8. The van der Waals surface area contributed by atoms with Gasteiger partial charge in [-0.1, -0.05) is 18.2 Å². The highest BCUT2D eigenvalue weighted by molar-refractivity contribution is 5.92. The summed E-state index contributed by atoms with van der Waals surface area (Å²) in [7, 11) is 0. The molecule has 1 aromatic heterocycles.